The summed E-state index contributed by atoms with van der Waals surface area (Å²) in [6.07, 6.45) is -1.07. The van der Waals surface area contributed by atoms with Crippen LogP contribution in [0.3, 0.4) is 0 Å². The van der Waals surface area contributed by atoms with Crippen molar-refractivity contribution in [1.82, 2.24) is 0 Å². The fourth-order valence-corrected chi connectivity index (χ4v) is 3.88. The minimum atomic E-state index is -1.07. The lowest BCUT2D eigenvalue weighted by Gasteiger charge is -2.14. The Bertz CT molecular complexity index is 891. The van der Waals surface area contributed by atoms with Crippen molar-refractivity contribution in [2.24, 2.45) is 0 Å². The highest BCUT2D eigenvalue weighted by molar-refractivity contribution is 7.16. The zero-order valence-corrected chi connectivity index (χ0v) is 17.4. The number of ether oxygens (including phenoxy) is 1. The summed E-state index contributed by atoms with van der Waals surface area (Å²) in [5.74, 6) is -1.52. The van der Waals surface area contributed by atoms with E-state index >= 15 is 0 Å². The minimum absolute atomic E-state index is 0.248. The van der Waals surface area contributed by atoms with Crippen molar-refractivity contribution in [3.8, 4) is 0 Å². The monoisotopic (exact) mass is 428 g/mol. The molecular formula is C18H18Cl2N2O4S. The maximum Gasteiger partial charge on any atom is 0.342 e. The van der Waals surface area contributed by atoms with Crippen LogP contribution in [0.4, 0.5) is 10.7 Å². The van der Waals surface area contributed by atoms with Gasteiger partial charge in [0.05, 0.1) is 5.56 Å². The first-order valence-electron chi connectivity index (χ1n) is 7.94. The van der Waals surface area contributed by atoms with Gasteiger partial charge in [0.2, 0.25) is 5.91 Å². The van der Waals surface area contributed by atoms with Crippen LogP contribution in [-0.4, -0.2) is 23.9 Å². The second-order valence-electron chi connectivity index (χ2n) is 5.86. The average Bonchev–Trinajstić information content (AvgIpc) is 2.79. The molecule has 0 aliphatic rings. The lowest BCUT2D eigenvalue weighted by Crippen LogP contribution is -2.30. The van der Waals surface area contributed by atoms with E-state index in [1.807, 2.05) is 6.92 Å². The highest BCUT2D eigenvalue weighted by Crippen LogP contribution is 2.33. The third kappa shape index (κ3) is 5.45. The van der Waals surface area contributed by atoms with Gasteiger partial charge in [-0.1, -0.05) is 23.2 Å². The third-order valence-electron chi connectivity index (χ3n) is 3.66. The maximum absolute atomic E-state index is 12.6. The van der Waals surface area contributed by atoms with E-state index in [1.54, 1.807) is 6.92 Å². The number of carbonyl (C=O) groups excluding carboxylic acids is 3. The number of aryl methyl sites for hydroxylation is 1. The van der Waals surface area contributed by atoms with Gasteiger partial charge in [0.25, 0.3) is 5.91 Å². The number of amides is 2. The molecule has 1 heterocycles. The molecule has 0 spiro atoms. The van der Waals surface area contributed by atoms with Gasteiger partial charge in [-0.05, 0) is 44.5 Å². The van der Waals surface area contributed by atoms with Gasteiger partial charge in [-0.2, -0.15) is 0 Å². The molecule has 1 atom stereocenters. The topological polar surface area (TPSA) is 84.5 Å². The van der Waals surface area contributed by atoms with E-state index in [0.29, 0.717) is 26.3 Å². The second-order valence-corrected chi connectivity index (χ2v) is 7.96. The Kier molecular flexibility index (Phi) is 6.86. The summed E-state index contributed by atoms with van der Waals surface area (Å²) >= 11 is 13.1. The predicted octanol–water partition coefficient (Wildman–Crippen LogP) is 4.81. The molecule has 2 aromatic rings. The number of carbonyl (C=O) groups is 3. The lowest BCUT2D eigenvalue weighted by molar-refractivity contribution is -0.123. The molecule has 27 heavy (non-hydrogen) atoms. The van der Waals surface area contributed by atoms with Crippen molar-refractivity contribution in [3.63, 3.8) is 0 Å². The summed E-state index contributed by atoms with van der Waals surface area (Å²) in [6, 6.07) is 4.59. The van der Waals surface area contributed by atoms with Crippen molar-refractivity contribution < 1.29 is 19.1 Å². The summed E-state index contributed by atoms with van der Waals surface area (Å²) in [5.41, 5.74) is 1.34. The molecule has 0 radical (unpaired) electrons. The molecule has 9 heteroatoms. The maximum atomic E-state index is 12.6. The lowest BCUT2D eigenvalue weighted by atomic mass is 10.1. The van der Waals surface area contributed by atoms with Crippen LogP contribution >= 0.6 is 34.5 Å². The van der Waals surface area contributed by atoms with Crippen LogP contribution in [0.15, 0.2) is 18.2 Å². The van der Waals surface area contributed by atoms with E-state index in [9.17, 15) is 14.4 Å². The number of anilines is 2. The summed E-state index contributed by atoms with van der Waals surface area (Å²) in [6.45, 7) is 6.39. The van der Waals surface area contributed by atoms with Gasteiger partial charge in [-0.15, -0.1) is 11.3 Å². The first-order valence-corrected chi connectivity index (χ1v) is 9.51. The molecular weight excluding hydrogens is 411 g/mol. The normalized spacial score (nSPS) is 11.6. The number of benzene rings is 1. The Labute approximate surface area is 170 Å². The standard InChI is InChI=1S/C18H18Cl2N2O4S/c1-8-10(3)27-17(21-11(4)23)15(8)18(25)26-9(2)16(24)22-14-6-12(19)5-13(20)7-14/h5-7,9H,1-4H3,(H,21,23)(H,22,24)/t9-/m0/s1. The van der Waals surface area contributed by atoms with Gasteiger partial charge in [0.1, 0.15) is 5.00 Å². The van der Waals surface area contributed by atoms with Gasteiger partial charge < -0.3 is 15.4 Å². The SMILES string of the molecule is CC(=O)Nc1sc(C)c(C)c1C(=O)O[C@@H](C)C(=O)Nc1cc(Cl)cc(Cl)c1. The molecule has 0 bridgehead atoms. The van der Waals surface area contributed by atoms with Gasteiger partial charge in [-0.25, -0.2) is 4.79 Å². The number of hydrogen-bond acceptors (Lipinski definition) is 5. The zero-order chi connectivity index (χ0) is 20.3. The molecule has 0 unspecified atom stereocenters. The van der Waals surface area contributed by atoms with Crippen LogP contribution in [0.25, 0.3) is 0 Å². The average molecular weight is 429 g/mol. The Morgan fingerprint density at radius 3 is 2.22 bits per heavy atom. The Morgan fingerprint density at radius 2 is 1.67 bits per heavy atom. The van der Waals surface area contributed by atoms with Crippen molar-refractivity contribution in [1.29, 1.82) is 0 Å². The van der Waals surface area contributed by atoms with Gasteiger partial charge in [-0.3, -0.25) is 9.59 Å². The fraction of sp³-hybridized carbons (Fsp3) is 0.278. The molecule has 1 aromatic carbocycles. The quantitative estimate of drug-likeness (QED) is 0.668. The molecule has 2 rings (SSSR count). The van der Waals surface area contributed by atoms with Crippen LogP contribution in [0.5, 0.6) is 0 Å². The summed E-state index contributed by atoms with van der Waals surface area (Å²) < 4.78 is 5.29. The number of nitrogens with one attached hydrogen (secondary N) is 2. The molecule has 2 amide bonds. The molecule has 2 N–H and O–H groups in total. The second kappa shape index (κ2) is 8.73. The number of halogens is 2. The van der Waals surface area contributed by atoms with E-state index in [-0.39, 0.29) is 11.5 Å². The number of esters is 1. The van der Waals surface area contributed by atoms with Gasteiger partial charge in [0.15, 0.2) is 6.10 Å². The van der Waals surface area contributed by atoms with Gasteiger partial charge in [0, 0.05) is 27.5 Å². The van der Waals surface area contributed by atoms with E-state index in [0.717, 1.165) is 4.88 Å². The molecule has 0 saturated carbocycles. The van der Waals surface area contributed by atoms with E-state index < -0.39 is 18.0 Å². The predicted molar refractivity (Wildman–Crippen MR) is 108 cm³/mol. The molecule has 0 saturated heterocycles. The van der Waals surface area contributed by atoms with Gasteiger partial charge >= 0.3 is 5.97 Å². The van der Waals surface area contributed by atoms with Crippen molar-refractivity contribution in [3.05, 3.63) is 44.2 Å². The highest BCUT2D eigenvalue weighted by atomic mass is 35.5. The Balaban J connectivity index is 2.13. The number of thiophene rings is 1. The summed E-state index contributed by atoms with van der Waals surface area (Å²) in [5, 5.41) is 6.35. The number of rotatable bonds is 5. The van der Waals surface area contributed by atoms with Crippen molar-refractivity contribution in [2.45, 2.75) is 33.8 Å². The first-order chi connectivity index (χ1) is 12.6. The zero-order valence-electron chi connectivity index (χ0n) is 15.1. The van der Waals surface area contributed by atoms with Crippen LogP contribution in [0, 0.1) is 13.8 Å². The molecule has 0 aliphatic carbocycles. The third-order valence-corrected chi connectivity index (χ3v) is 5.22. The van der Waals surface area contributed by atoms with Crippen molar-refractivity contribution in [2.75, 3.05) is 10.6 Å². The highest BCUT2D eigenvalue weighted by Gasteiger charge is 2.25. The molecule has 6 nitrogen and oxygen atoms in total. The molecule has 1 aromatic heterocycles. The van der Waals surface area contributed by atoms with Crippen LogP contribution in [-0.2, 0) is 14.3 Å². The largest absolute Gasteiger partial charge is 0.449 e. The molecule has 144 valence electrons. The number of hydrogen-bond donors (Lipinski definition) is 2. The van der Waals surface area contributed by atoms with Crippen LogP contribution < -0.4 is 10.6 Å². The van der Waals surface area contributed by atoms with E-state index in [4.69, 9.17) is 27.9 Å². The van der Waals surface area contributed by atoms with E-state index in [2.05, 4.69) is 10.6 Å². The summed E-state index contributed by atoms with van der Waals surface area (Å²) in [4.78, 5) is 37.1. The van der Waals surface area contributed by atoms with Crippen molar-refractivity contribution >= 4 is 63.0 Å². The van der Waals surface area contributed by atoms with Crippen LogP contribution in [0.1, 0.15) is 34.6 Å². The molecule has 0 fully saturated rings. The summed E-state index contributed by atoms with van der Waals surface area (Å²) in [7, 11) is 0. The Morgan fingerprint density at radius 1 is 1.07 bits per heavy atom. The van der Waals surface area contributed by atoms with E-state index in [1.165, 1.54) is 43.4 Å². The fourth-order valence-electron chi connectivity index (χ4n) is 2.26. The minimum Gasteiger partial charge on any atom is -0.449 e. The Hall–Kier alpha value is -2.09. The molecule has 0 aliphatic heterocycles. The smallest absolute Gasteiger partial charge is 0.342 e. The van der Waals surface area contributed by atoms with Crippen LogP contribution in [0.2, 0.25) is 10.0 Å². The first kappa shape index (κ1) is 21.2.